The van der Waals surface area contributed by atoms with Crippen molar-refractivity contribution < 1.29 is 14.4 Å². The normalized spacial score (nSPS) is 13.8. The molecule has 0 spiro atoms. The van der Waals surface area contributed by atoms with Crippen molar-refractivity contribution in [1.29, 1.82) is 0 Å². The maximum absolute atomic E-state index is 12.6. The zero-order valence-corrected chi connectivity index (χ0v) is 17.7. The lowest BCUT2D eigenvalue weighted by Crippen LogP contribution is -2.41. The highest BCUT2D eigenvalue weighted by Crippen LogP contribution is 2.18. The summed E-state index contributed by atoms with van der Waals surface area (Å²) in [5.74, 6) is -0.271. The zero-order chi connectivity index (χ0) is 21.5. The molecule has 30 heavy (non-hydrogen) atoms. The third-order valence-electron chi connectivity index (χ3n) is 5.46. The first-order valence-corrected chi connectivity index (χ1v) is 10.5. The van der Waals surface area contributed by atoms with E-state index in [-0.39, 0.29) is 17.7 Å². The first-order chi connectivity index (χ1) is 14.5. The smallest absolute Gasteiger partial charge is 0.255 e. The van der Waals surface area contributed by atoms with Crippen molar-refractivity contribution in [2.75, 3.05) is 25.0 Å². The SMILES string of the molecule is CCc1ccc(C(=O)Nc2cc(C(=O)NCCN3CCCCC3=O)ccc2C)cc1. The number of carbonyl (C=O) groups is 3. The van der Waals surface area contributed by atoms with Crippen molar-refractivity contribution in [3.63, 3.8) is 0 Å². The molecule has 1 fully saturated rings. The Morgan fingerprint density at radius 1 is 1.00 bits per heavy atom. The quantitative estimate of drug-likeness (QED) is 0.737. The number of amides is 3. The highest BCUT2D eigenvalue weighted by molar-refractivity contribution is 6.05. The number of rotatable bonds is 7. The fraction of sp³-hybridized carbons (Fsp3) is 0.375. The molecule has 158 valence electrons. The summed E-state index contributed by atoms with van der Waals surface area (Å²) >= 11 is 0. The monoisotopic (exact) mass is 407 g/mol. The summed E-state index contributed by atoms with van der Waals surface area (Å²) in [5, 5.41) is 5.77. The molecule has 2 N–H and O–H groups in total. The summed E-state index contributed by atoms with van der Waals surface area (Å²) in [6.45, 7) is 5.64. The number of nitrogens with zero attached hydrogens (tertiary/aromatic N) is 1. The Labute approximate surface area is 177 Å². The Hall–Kier alpha value is -3.15. The molecule has 0 aromatic heterocycles. The highest BCUT2D eigenvalue weighted by Gasteiger charge is 2.18. The third kappa shape index (κ3) is 5.47. The first kappa shape index (κ1) is 21.6. The van der Waals surface area contributed by atoms with Gasteiger partial charge in [0.1, 0.15) is 0 Å². The van der Waals surface area contributed by atoms with Gasteiger partial charge in [0, 0.05) is 42.9 Å². The zero-order valence-electron chi connectivity index (χ0n) is 17.7. The second kappa shape index (κ2) is 10.1. The average molecular weight is 408 g/mol. The van der Waals surface area contributed by atoms with E-state index in [1.807, 2.05) is 37.3 Å². The van der Waals surface area contributed by atoms with Crippen LogP contribution in [0.5, 0.6) is 0 Å². The molecule has 2 aromatic rings. The summed E-state index contributed by atoms with van der Waals surface area (Å²) < 4.78 is 0. The molecule has 0 bridgehead atoms. The van der Waals surface area contributed by atoms with Crippen molar-refractivity contribution in [2.45, 2.75) is 39.5 Å². The van der Waals surface area contributed by atoms with E-state index in [0.29, 0.717) is 36.3 Å². The second-order valence-electron chi connectivity index (χ2n) is 7.63. The Kier molecular flexibility index (Phi) is 7.22. The van der Waals surface area contributed by atoms with E-state index in [9.17, 15) is 14.4 Å². The molecule has 0 radical (unpaired) electrons. The van der Waals surface area contributed by atoms with E-state index in [0.717, 1.165) is 31.4 Å². The van der Waals surface area contributed by atoms with Crippen LogP contribution in [-0.4, -0.2) is 42.3 Å². The van der Waals surface area contributed by atoms with Crippen LogP contribution in [0.2, 0.25) is 0 Å². The van der Waals surface area contributed by atoms with E-state index >= 15 is 0 Å². The predicted molar refractivity (Wildman–Crippen MR) is 118 cm³/mol. The molecule has 3 rings (SSSR count). The van der Waals surface area contributed by atoms with Crippen molar-refractivity contribution >= 4 is 23.4 Å². The van der Waals surface area contributed by atoms with Crippen molar-refractivity contribution in [3.8, 4) is 0 Å². The van der Waals surface area contributed by atoms with Crippen LogP contribution in [0.3, 0.4) is 0 Å². The fourth-order valence-electron chi connectivity index (χ4n) is 3.49. The molecule has 1 aliphatic rings. The van der Waals surface area contributed by atoms with Gasteiger partial charge in [-0.2, -0.15) is 0 Å². The molecule has 1 aliphatic heterocycles. The Bertz CT molecular complexity index is 922. The number of piperidine rings is 1. The van der Waals surface area contributed by atoms with Crippen LogP contribution in [0.15, 0.2) is 42.5 Å². The van der Waals surface area contributed by atoms with E-state index < -0.39 is 0 Å². The largest absolute Gasteiger partial charge is 0.350 e. The van der Waals surface area contributed by atoms with Crippen LogP contribution >= 0.6 is 0 Å². The van der Waals surface area contributed by atoms with Gasteiger partial charge in [-0.25, -0.2) is 0 Å². The third-order valence-corrected chi connectivity index (χ3v) is 5.46. The van der Waals surface area contributed by atoms with Crippen LogP contribution in [0.25, 0.3) is 0 Å². The van der Waals surface area contributed by atoms with Gasteiger partial charge in [-0.3, -0.25) is 14.4 Å². The fourth-order valence-corrected chi connectivity index (χ4v) is 3.49. The molecule has 0 unspecified atom stereocenters. The van der Waals surface area contributed by atoms with E-state index in [1.54, 1.807) is 17.0 Å². The lowest BCUT2D eigenvalue weighted by Gasteiger charge is -2.26. The molecule has 1 heterocycles. The lowest BCUT2D eigenvalue weighted by atomic mass is 10.1. The Morgan fingerprint density at radius 3 is 2.43 bits per heavy atom. The van der Waals surface area contributed by atoms with E-state index in [2.05, 4.69) is 17.6 Å². The van der Waals surface area contributed by atoms with Gasteiger partial charge in [0.05, 0.1) is 0 Å². The summed E-state index contributed by atoms with van der Waals surface area (Å²) in [6.07, 6.45) is 3.48. The summed E-state index contributed by atoms with van der Waals surface area (Å²) in [5.41, 5.74) is 3.71. The molecule has 3 amide bonds. The molecule has 0 atom stereocenters. The number of hydrogen-bond donors (Lipinski definition) is 2. The van der Waals surface area contributed by atoms with Crippen LogP contribution in [0.4, 0.5) is 5.69 Å². The molecular weight excluding hydrogens is 378 g/mol. The molecule has 1 saturated heterocycles. The van der Waals surface area contributed by atoms with Gasteiger partial charge in [-0.15, -0.1) is 0 Å². The molecule has 6 heteroatoms. The van der Waals surface area contributed by atoms with Gasteiger partial charge in [0.25, 0.3) is 11.8 Å². The number of hydrogen-bond acceptors (Lipinski definition) is 3. The van der Waals surface area contributed by atoms with Crippen molar-refractivity contribution in [3.05, 3.63) is 64.7 Å². The maximum atomic E-state index is 12.6. The van der Waals surface area contributed by atoms with E-state index in [1.165, 1.54) is 5.56 Å². The van der Waals surface area contributed by atoms with Crippen LogP contribution < -0.4 is 10.6 Å². The minimum Gasteiger partial charge on any atom is -0.350 e. The predicted octanol–water partition coefficient (Wildman–Crippen LogP) is 3.55. The number of nitrogens with one attached hydrogen (secondary N) is 2. The first-order valence-electron chi connectivity index (χ1n) is 10.5. The number of benzene rings is 2. The van der Waals surface area contributed by atoms with Gasteiger partial charge >= 0.3 is 0 Å². The minimum absolute atomic E-state index is 0.155. The van der Waals surface area contributed by atoms with Gasteiger partial charge in [0.15, 0.2) is 0 Å². The van der Waals surface area contributed by atoms with Crippen molar-refractivity contribution in [2.24, 2.45) is 0 Å². The van der Waals surface area contributed by atoms with Gasteiger partial charge < -0.3 is 15.5 Å². The van der Waals surface area contributed by atoms with Crippen LogP contribution in [0.1, 0.15) is 58.0 Å². The van der Waals surface area contributed by atoms with Gasteiger partial charge in [0.2, 0.25) is 5.91 Å². The topological polar surface area (TPSA) is 78.5 Å². The number of carbonyl (C=O) groups excluding carboxylic acids is 3. The standard InChI is InChI=1S/C24H29N3O3/c1-3-18-8-11-19(12-9-18)24(30)26-21-16-20(10-7-17(21)2)23(29)25-13-15-27-14-5-4-6-22(27)28/h7-12,16H,3-6,13-15H2,1-2H3,(H,25,29)(H,26,30). The van der Waals surface area contributed by atoms with Crippen molar-refractivity contribution in [1.82, 2.24) is 10.2 Å². The van der Waals surface area contributed by atoms with E-state index in [4.69, 9.17) is 0 Å². The lowest BCUT2D eigenvalue weighted by molar-refractivity contribution is -0.133. The molecule has 0 saturated carbocycles. The number of anilines is 1. The molecule has 2 aromatic carbocycles. The summed E-state index contributed by atoms with van der Waals surface area (Å²) in [7, 11) is 0. The van der Waals surface area contributed by atoms with Gasteiger partial charge in [-0.05, 0) is 61.6 Å². The maximum Gasteiger partial charge on any atom is 0.255 e. The molecule has 6 nitrogen and oxygen atoms in total. The summed E-state index contributed by atoms with van der Waals surface area (Å²) in [6, 6.07) is 12.7. The number of aryl methyl sites for hydroxylation is 2. The minimum atomic E-state index is -0.220. The Balaban J connectivity index is 1.60. The van der Waals surface area contributed by atoms with Gasteiger partial charge in [-0.1, -0.05) is 25.1 Å². The number of likely N-dealkylation sites (tertiary alicyclic amines) is 1. The Morgan fingerprint density at radius 2 is 1.73 bits per heavy atom. The van der Waals surface area contributed by atoms with Crippen LogP contribution in [0, 0.1) is 6.92 Å². The second-order valence-corrected chi connectivity index (χ2v) is 7.63. The highest BCUT2D eigenvalue weighted by atomic mass is 16.2. The molecular formula is C24H29N3O3. The molecule has 0 aliphatic carbocycles. The average Bonchev–Trinajstić information content (AvgIpc) is 2.76. The summed E-state index contributed by atoms with van der Waals surface area (Å²) in [4.78, 5) is 38.8. The van der Waals surface area contributed by atoms with Crippen LogP contribution in [-0.2, 0) is 11.2 Å².